The van der Waals surface area contributed by atoms with E-state index in [0.717, 1.165) is 40.7 Å². The normalized spacial score (nSPS) is 15.4. The molecular weight excluding hydrogens is 338 g/mol. The molecule has 0 radical (unpaired) electrons. The quantitative estimate of drug-likeness (QED) is 0.776. The summed E-state index contributed by atoms with van der Waals surface area (Å²) in [7, 11) is 1.92. The zero-order valence-electron chi connectivity index (χ0n) is 15.9. The minimum Gasteiger partial charge on any atom is -0.396 e. The zero-order chi connectivity index (χ0) is 19.0. The van der Waals surface area contributed by atoms with Crippen LogP contribution in [-0.4, -0.2) is 45.2 Å². The van der Waals surface area contributed by atoms with Gasteiger partial charge in [-0.05, 0) is 36.5 Å². The van der Waals surface area contributed by atoms with E-state index in [9.17, 15) is 9.90 Å². The number of aryl methyl sites for hydroxylation is 1. The number of aliphatic hydroxyl groups excluding tert-OH is 1. The molecule has 1 aromatic heterocycles. The standard InChI is InChI=1S/C22H25N3O2/c1-15-20(22(27)25-12-10-16(14-26)11-13-25)24(2)21(23-15)19-9-5-7-17-6-3-4-8-18(17)19/h3-9,16,26H,10-14H2,1-2H3. The van der Waals surface area contributed by atoms with E-state index in [1.165, 1.54) is 0 Å². The molecule has 27 heavy (non-hydrogen) atoms. The minimum absolute atomic E-state index is 0.0328. The molecule has 1 aliphatic heterocycles. The summed E-state index contributed by atoms with van der Waals surface area (Å²) < 4.78 is 1.93. The Labute approximate surface area is 159 Å². The Hall–Kier alpha value is -2.66. The Kier molecular flexibility index (Phi) is 4.70. The van der Waals surface area contributed by atoms with Gasteiger partial charge in [0.25, 0.3) is 5.91 Å². The lowest BCUT2D eigenvalue weighted by atomic mass is 9.97. The van der Waals surface area contributed by atoms with E-state index >= 15 is 0 Å². The highest BCUT2D eigenvalue weighted by Gasteiger charge is 2.28. The van der Waals surface area contributed by atoms with Crippen LogP contribution in [0.5, 0.6) is 0 Å². The van der Waals surface area contributed by atoms with E-state index in [-0.39, 0.29) is 12.5 Å². The van der Waals surface area contributed by atoms with Gasteiger partial charge in [0.2, 0.25) is 0 Å². The molecule has 0 unspecified atom stereocenters. The number of likely N-dealkylation sites (tertiary alicyclic amines) is 1. The van der Waals surface area contributed by atoms with E-state index in [1.54, 1.807) is 0 Å². The number of carbonyl (C=O) groups is 1. The number of aromatic nitrogens is 2. The Balaban J connectivity index is 1.71. The average molecular weight is 363 g/mol. The van der Waals surface area contributed by atoms with E-state index in [1.807, 2.05) is 41.6 Å². The number of piperidine rings is 1. The number of fused-ring (bicyclic) bond motifs is 1. The van der Waals surface area contributed by atoms with Crippen molar-refractivity contribution in [2.24, 2.45) is 13.0 Å². The molecule has 0 aliphatic carbocycles. The van der Waals surface area contributed by atoms with E-state index in [2.05, 4.69) is 24.3 Å². The van der Waals surface area contributed by atoms with Crippen molar-refractivity contribution in [2.75, 3.05) is 19.7 Å². The molecular formula is C22H25N3O2. The molecule has 140 valence electrons. The predicted octanol–water partition coefficient (Wildman–Crippen LogP) is 3.39. The monoisotopic (exact) mass is 363 g/mol. The number of amides is 1. The molecule has 1 saturated heterocycles. The highest BCUT2D eigenvalue weighted by molar-refractivity contribution is 5.98. The van der Waals surface area contributed by atoms with Gasteiger partial charge in [-0.2, -0.15) is 0 Å². The van der Waals surface area contributed by atoms with Crippen LogP contribution in [0.2, 0.25) is 0 Å². The third-order valence-corrected chi connectivity index (χ3v) is 5.66. The number of rotatable bonds is 3. The van der Waals surface area contributed by atoms with Crippen LogP contribution in [0, 0.1) is 12.8 Å². The lowest BCUT2D eigenvalue weighted by Crippen LogP contribution is -2.40. The van der Waals surface area contributed by atoms with Crippen molar-refractivity contribution in [3.8, 4) is 11.4 Å². The van der Waals surface area contributed by atoms with Gasteiger partial charge in [0, 0.05) is 32.3 Å². The zero-order valence-corrected chi connectivity index (χ0v) is 15.9. The van der Waals surface area contributed by atoms with Crippen molar-refractivity contribution in [2.45, 2.75) is 19.8 Å². The molecule has 1 N–H and O–H groups in total. The number of aliphatic hydroxyl groups is 1. The number of hydrogen-bond donors (Lipinski definition) is 1. The van der Waals surface area contributed by atoms with Gasteiger partial charge in [-0.15, -0.1) is 0 Å². The van der Waals surface area contributed by atoms with Gasteiger partial charge in [-0.25, -0.2) is 4.98 Å². The molecule has 2 aromatic carbocycles. The van der Waals surface area contributed by atoms with Crippen LogP contribution in [-0.2, 0) is 7.05 Å². The average Bonchev–Trinajstić information content (AvgIpc) is 3.01. The van der Waals surface area contributed by atoms with E-state index in [4.69, 9.17) is 4.98 Å². The molecule has 1 amide bonds. The molecule has 3 aromatic rings. The Morgan fingerprint density at radius 2 is 1.85 bits per heavy atom. The maximum atomic E-state index is 13.1. The van der Waals surface area contributed by atoms with Crippen molar-refractivity contribution in [3.05, 3.63) is 53.9 Å². The maximum Gasteiger partial charge on any atom is 0.272 e. The number of carbonyl (C=O) groups excluding carboxylic acids is 1. The van der Waals surface area contributed by atoms with Gasteiger partial charge in [0.15, 0.2) is 0 Å². The SMILES string of the molecule is Cc1nc(-c2cccc3ccccc23)n(C)c1C(=O)N1CCC(CO)CC1. The van der Waals surface area contributed by atoms with Gasteiger partial charge < -0.3 is 14.6 Å². The van der Waals surface area contributed by atoms with Crippen molar-refractivity contribution in [1.29, 1.82) is 0 Å². The van der Waals surface area contributed by atoms with Gasteiger partial charge in [-0.1, -0.05) is 42.5 Å². The first-order chi connectivity index (χ1) is 13.1. The molecule has 0 saturated carbocycles. The predicted molar refractivity (Wildman–Crippen MR) is 107 cm³/mol. The molecule has 1 aliphatic rings. The summed E-state index contributed by atoms with van der Waals surface area (Å²) in [6.45, 7) is 3.50. The van der Waals surface area contributed by atoms with Crippen LogP contribution < -0.4 is 0 Å². The Morgan fingerprint density at radius 1 is 1.15 bits per heavy atom. The number of hydrogen-bond acceptors (Lipinski definition) is 3. The summed E-state index contributed by atoms with van der Waals surface area (Å²) >= 11 is 0. The molecule has 5 heteroatoms. The molecule has 4 rings (SSSR count). The Bertz CT molecular complexity index is 979. The van der Waals surface area contributed by atoms with E-state index in [0.29, 0.717) is 24.7 Å². The van der Waals surface area contributed by atoms with Crippen LogP contribution >= 0.6 is 0 Å². The third-order valence-electron chi connectivity index (χ3n) is 5.66. The highest BCUT2D eigenvalue weighted by atomic mass is 16.3. The summed E-state index contributed by atoms with van der Waals surface area (Å²) in [6, 6.07) is 14.4. The van der Waals surface area contributed by atoms with Crippen LogP contribution in [0.3, 0.4) is 0 Å². The first-order valence-electron chi connectivity index (χ1n) is 9.51. The second-order valence-corrected chi connectivity index (χ2v) is 7.37. The van der Waals surface area contributed by atoms with Gasteiger partial charge in [0.1, 0.15) is 11.5 Å². The number of imidazole rings is 1. The van der Waals surface area contributed by atoms with Crippen molar-refractivity contribution in [3.63, 3.8) is 0 Å². The third kappa shape index (κ3) is 3.12. The van der Waals surface area contributed by atoms with Gasteiger partial charge in [0.05, 0.1) is 5.69 Å². The molecule has 0 atom stereocenters. The number of nitrogens with zero attached hydrogens (tertiary/aromatic N) is 3. The first kappa shape index (κ1) is 17.7. The molecule has 2 heterocycles. The topological polar surface area (TPSA) is 58.4 Å². The van der Waals surface area contributed by atoms with Crippen LogP contribution in [0.1, 0.15) is 29.0 Å². The summed E-state index contributed by atoms with van der Waals surface area (Å²) in [5.41, 5.74) is 2.45. The fourth-order valence-corrected chi connectivity index (χ4v) is 4.06. The lowest BCUT2D eigenvalue weighted by molar-refractivity contribution is 0.0641. The summed E-state index contributed by atoms with van der Waals surface area (Å²) in [5.74, 6) is 1.16. The highest BCUT2D eigenvalue weighted by Crippen LogP contribution is 2.30. The smallest absolute Gasteiger partial charge is 0.272 e. The largest absolute Gasteiger partial charge is 0.396 e. The fourth-order valence-electron chi connectivity index (χ4n) is 4.06. The summed E-state index contributed by atoms with van der Waals surface area (Å²) in [6.07, 6.45) is 1.71. The minimum atomic E-state index is 0.0328. The van der Waals surface area contributed by atoms with Crippen molar-refractivity contribution in [1.82, 2.24) is 14.5 Å². The fraction of sp³-hybridized carbons (Fsp3) is 0.364. The molecule has 0 bridgehead atoms. The van der Waals surface area contributed by atoms with Crippen LogP contribution in [0.4, 0.5) is 0 Å². The van der Waals surface area contributed by atoms with Crippen molar-refractivity contribution >= 4 is 16.7 Å². The van der Waals surface area contributed by atoms with Gasteiger partial charge in [-0.3, -0.25) is 4.79 Å². The second-order valence-electron chi connectivity index (χ2n) is 7.37. The van der Waals surface area contributed by atoms with E-state index < -0.39 is 0 Å². The second kappa shape index (κ2) is 7.16. The van der Waals surface area contributed by atoms with Crippen molar-refractivity contribution < 1.29 is 9.90 Å². The Morgan fingerprint density at radius 3 is 2.59 bits per heavy atom. The van der Waals surface area contributed by atoms with Crippen LogP contribution in [0.25, 0.3) is 22.2 Å². The first-order valence-corrected chi connectivity index (χ1v) is 9.51. The molecule has 1 fully saturated rings. The summed E-state index contributed by atoms with van der Waals surface area (Å²) in [4.78, 5) is 19.8. The maximum absolute atomic E-state index is 13.1. The summed E-state index contributed by atoms with van der Waals surface area (Å²) in [5, 5.41) is 11.6. The number of benzene rings is 2. The molecule has 5 nitrogen and oxygen atoms in total. The lowest BCUT2D eigenvalue weighted by Gasteiger charge is -2.31. The molecule has 0 spiro atoms. The van der Waals surface area contributed by atoms with Gasteiger partial charge >= 0.3 is 0 Å². The van der Waals surface area contributed by atoms with Crippen LogP contribution in [0.15, 0.2) is 42.5 Å².